The summed E-state index contributed by atoms with van der Waals surface area (Å²) in [7, 11) is 0. The Labute approximate surface area is 184 Å². The largest absolute Gasteiger partial charge is 0.338 e. The Balaban J connectivity index is 2.12. The van der Waals surface area contributed by atoms with Crippen molar-refractivity contribution in [3.63, 3.8) is 0 Å². The van der Waals surface area contributed by atoms with Crippen LogP contribution in [-0.4, -0.2) is 18.4 Å². The van der Waals surface area contributed by atoms with E-state index in [1.54, 1.807) is 6.92 Å². The highest BCUT2D eigenvalue weighted by Gasteiger charge is 2.23. The van der Waals surface area contributed by atoms with E-state index < -0.39 is 5.54 Å². The first kappa shape index (κ1) is 26.2. The van der Waals surface area contributed by atoms with Gasteiger partial charge in [-0.25, -0.2) is 4.79 Å². The third kappa shape index (κ3) is 11.4. The second kappa shape index (κ2) is 14.2. The van der Waals surface area contributed by atoms with Crippen molar-refractivity contribution >= 4 is 11.8 Å². The first-order valence-corrected chi connectivity index (χ1v) is 11.9. The van der Waals surface area contributed by atoms with Crippen molar-refractivity contribution in [3.8, 4) is 0 Å². The molecule has 0 saturated heterocycles. The summed E-state index contributed by atoms with van der Waals surface area (Å²) in [6, 6.07) is 8.38. The molecule has 2 amide bonds. The molecule has 0 aliphatic heterocycles. The van der Waals surface area contributed by atoms with E-state index in [1.165, 1.54) is 44.1 Å². The third-order valence-corrected chi connectivity index (χ3v) is 5.69. The van der Waals surface area contributed by atoms with Crippen LogP contribution in [0.3, 0.4) is 0 Å². The average Bonchev–Trinajstić information content (AvgIpc) is 2.68. The maximum absolute atomic E-state index is 12.3. The van der Waals surface area contributed by atoms with Crippen LogP contribution in [0.15, 0.2) is 24.3 Å². The molecule has 4 heteroatoms. The molecule has 0 aliphatic carbocycles. The summed E-state index contributed by atoms with van der Waals surface area (Å²) in [5, 5.41) is 6.11. The summed E-state index contributed by atoms with van der Waals surface area (Å²) < 4.78 is 0. The Morgan fingerprint density at radius 1 is 0.900 bits per heavy atom. The van der Waals surface area contributed by atoms with Gasteiger partial charge in [0.25, 0.3) is 0 Å². The van der Waals surface area contributed by atoms with Crippen molar-refractivity contribution in [2.75, 3.05) is 6.54 Å². The molecule has 0 aliphatic rings. The molecule has 1 aromatic rings. The number of urea groups is 1. The van der Waals surface area contributed by atoms with Crippen LogP contribution < -0.4 is 10.6 Å². The number of nitrogens with one attached hydrogen (secondary N) is 2. The minimum Gasteiger partial charge on any atom is -0.338 e. The molecule has 0 fully saturated rings. The Bertz CT molecular complexity index is 638. The number of Topliss-reactive ketones (excluding diaryl/α,β-unsaturated/α-hetero) is 1. The number of rotatable bonds is 15. The van der Waals surface area contributed by atoms with Gasteiger partial charge in [-0.3, -0.25) is 0 Å². The molecule has 0 unspecified atom stereocenters. The SMILES string of the molecule is CC(=O)CCCCCCCCCCCNC(=O)NC(C)(C)c1cccc(C(C)C)c1. The standard InChI is InChI=1S/C26H44N2O2/c1-21(2)23-17-15-18-24(20-23)26(4,5)28-25(30)27-19-14-12-10-8-6-7-9-11-13-16-22(3)29/h15,17-18,20-21H,6-14,16,19H2,1-5H3,(H2,27,28,30). The Morgan fingerprint density at radius 2 is 1.47 bits per heavy atom. The van der Waals surface area contributed by atoms with Crippen LogP contribution in [0.25, 0.3) is 0 Å². The molecule has 170 valence electrons. The summed E-state index contributed by atoms with van der Waals surface area (Å²) >= 11 is 0. The molecular weight excluding hydrogens is 372 g/mol. The fourth-order valence-corrected chi connectivity index (χ4v) is 3.63. The van der Waals surface area contributed by atoms with Gasteiger partial charge in [0.15, 0.2) is 0 Å². The molecule has 0 aromatic heterocycles. The van der Waals surface area contributed by atoms with Gasteiger partial charge in [-0.15, -0.1) is 0 Å². The molecule has 1 rings (SSSR count). The number of ketones is 1. The highest BCUT2D eigenvalue weighted by atomic mass is 16.2. The maximum atomic E-state index is 12.3. The second-order valence-electron chi connectivity index (χ2n) is 9.42. The van der Waals surface area contributed by atoms with Gasteiger partial charge in [-0.05, 0) is 50.7 Å². The van der Waals surface area contributed by atoms with E-state index in [9.17, 15) is 9.59 Å². The van der Waals surface area contributed by atoms with Gasteiger partial charge in [0.1, 0.15) is 5.78 Å². The van der Waals surface area contributed by atoms with Crippen LogP contribution in [-0.2, 0) is 10.3 Å². The van der Waals surface area contributed by atoms with Crippen LogP contribution in [0.5, 0.6) is 0 Å². The lowest BCUT2D eigenvalue weighted by Gasteiger charge is -2.28. The zero-order chi connectivity index (χ0) is 22.4. The number of carbonyl (C=O) groups is 2. The molecule has 0 heterocycles. The smallest absolute Gasteiger partial charge is 0.315 e. The van der Waals surface area contributed by atoms with Crippen molar-refractivity contribution in [2.45, 2.75) is 110 Å². The van der Waals surface area contributed by atoms with E-state index in [2.05, 4.69) is 48.7 Å². The number of hydrogen-bond donors (Lipinski definition) is 2. The predicted molar refractivity (Wildman–Crippen MR) is 127 cm³/mol. The number of amides is 2. The van der Waals surface area contributed by atoms with Crippen LogP contribution in [0.4, 0.5) is 4.79 Å². The fraction of sp³-hybridized carbons (Fsp3) is 0.692. The summed E-state index contributed by atoms with van der Waals surface area (Å²) in [4.78, 5) is 23.2. The number of hydrogen-bond acceptors (Lipinski definition) is 2. The second-order valence-corrected chi connectivity index (χ2v) is 9.42. The first-order chi connectivity index (χ1) is 14.2. The van der Waals surface area contributed by atoms with Crippen molar-refractivity contribution in [2.24, 2.45) is 0 Å². The summed E-state index contributed by atoms with van der Waals surface area (Å²) in [6.45, 7) is 10.9. The van der Waals surface area contributed by atoms with E-state index in [-0.39, 0.29) is 6.03 Å². The zero-order valence-corrected chi connectivity index (χ0v) is 20.0. The Hall–Kier alpha value is -1.84. The molecule has 0 atom stereocenters. The normalized spacial score (nSPS) is 11.5. The van der Waals surface area contributed by atoms with Crippen molar-refractivity contribution in [1.82, 2.24) is 10.6 Å². The van der Waals surface area contributed by atoms with Gasteiger partial charge >= 0.3 is 6.03 Å². The van der Waals surface area contributed by atoms with Crippen LogP contribution in [0.1, 0.15) is 116 Å². The fourth-order valence-electron chi connectivity index (χ4n) is 3.63. The van der Waals surface area contributed by atoms with Crippen molar-refractivity contribution in [1.29, 1.82) is 0 Å². The molecule has 1 aromatic carbocycles. The summed E-state index contributed by atoms with van der Waals surface area (Å²) in [6.07, 6.45) is 11.4. The number of carbonyl (C=O) groups excluding carboxylic acids is 2. The van der Waals surface area contributed by atoms with E-state index in [0.717, 1.165) is 37.8 Å². The van der Waals surface area contributed by atoms with Gasteiger partial charge in [-0.1, -0.05) is 83.1 Å². The van der Waals surface area contributed by atoms with Gasteiger partial charge in [0.05, 0.1) is 5.54 Å². The molecule has 0 spiro atoms. The van der Waals surface area contributed by atoms with Crippen LogP contribution in [0.2, 0.25) is 0 Å². The third-order valence-electron chi connectivity index (χ3n) is 5.69. The van der Waals surface area contributed by atoms with Gasteiger partial charge < -0.3 is 15.4 Å². The van der Waals surface area contributed by atoms with Crippen LogP contribution in [0, 0.1) is 0 Å². The molecule has 0 bridgehead atoms. The minimum absolute atomic E-state index is 0.0967. The monoisotopic (exact) mass is 416 g/mol. The van der Waals surface area contributed by atoms with E-state index in [0.29, 0.717) is 11.7 Å². The van der Waals surface area contributed by atoms with Gasteiger partial charge in [0.2, 0.25) is 0 Å². The quantitative estimate of drug-likeness (QED) is 0.308. The topological polar surface area (TPSA) is 58.2 Å². The summed E-state index contributed by atoms with van der Waals surface area (Å²) in [5.74, 6) is 0.780. The minimum atomic E-state index is -0.403. The lowest BCUT2D eigenvalue weighted by atomic mass is 9.90. The highest BCUT2D eigenvalue weighted by molar-refractivity contribution is 5.75. The summed E-state index contributed by atoms with van der Waals surface area (Å²) in [5.41, 5.74) is 2.02. The van der Waals surface area contributed by atoms with Crippen molar-refractivity contribution in [3.05, 3.63) is 35.4 Å². The van der Waals surface area contributed by atoms with E-state index in [1.807, 2.05) is 13.8 Å². The average molecular weight is 417 g/mol. The Morgan fingerprint density at radius 3 is 2.03 bits per heavy atom. The molecule has 4 nitrogen and oxygen atoms in total. The van der Waals surface area contributed by atoms with E-state index >= 15 is 0 Å². The van der Waals surface area contributed by atoms with Crippen molar-refractivity contribution < 1.29 is 9.59 Å². The number of unbranched alkanes of at least 4 members (excludes halogenated alkanes) is 8. The highest BCUT2D eigenvalue weighted by Crippen LogP contribution is 2.24. The van der Waals surface area contributed by atoms with Gasteiger partial charge in [-0.2, -0.15) is 0 Å². The molecule has 0 saturated carbocycles. The molecule has 2 N–H and O–H groups in total. The molecule has 30 heavy (non-hydrogen) atoms. The molecule has 0 radical (unpaired) electrons. The van der Waals surface area contributed by atoms with Crippen LogP contribution >= 0.6 is 0 Å². The number of benzene rings is 1. The predicted octanol–water partition coefficient (Wildman–Crippen LogP) is 6.83. The lowest BCUT2D eigenvalue weighted by molar-refractivity contribution is -0.117. The lowest BCUT2D eigenvalue weighted by Crippen LogP contribution is -2.46. The molecular formula is C26H44N2O2. The van der Waals surface area contributed by atoms with E-state index in [4.69, 9.17) is 0 Å². The van der Waals surface area contributed by atoms with Gasteiger partial charge in [0, 0.05) is 13.0 Å². The first-order valence-electron chi connectivity index (χ1n) is 11.9. The maximum Gasteiger partial charge on any atom is 0.315 e. The Kier molecular flexibility index (Phi) is 12.4. The zero-order valence-electron chi connectivity index (χ0n) is 20.0.